The molecule has 8 nitrogen and oxygen atoms in total. The molecule has 0 saturated carbocycles. The molecule has 1 amide bonds. The van der Waals surface area contributed by atoms with E-state index in [9.17, 15) is 9.18 Å². The van der Waals surface area contributed by atoms with Crippen LogP contribution in [0.25, 0.3) is 22.6 Å². The van der Waals surface area contributed by atoms with Gasteiger partial charge in [0.25, 0.3) is 5.89 Å². The Labute approximate surface area is 205 Å². The van der Waals surface area contributed by atoms with E-state index < -0.39 is 11.7 Å². The number of carbonyl (C=O) groups excluding carboxylic acids is 1. The highest BCUT2D eigenvalue weighted by molar-refractivity contribution is 6.34. The zero-order valence-electron chi connectivity index (χ0n) is 18.8. The molecule has 0 spiro atoms. The molecule has 35 heavy (non-hydrogen) atoms. The second-order valence-corrected chi connectivity index (χ2v) is 8.10. The zero-order chi connectivity index (χ0) is 24.9. The van der Waals surface area contributed by atoms with Crippen LogP contribution >= 0.6 is 11.6 Å². The van der Waals surface area contributed by atoms with Gasteiger partial charge >= 0.3 is 0 Å². The lowest BCUT2D eigenvalue weighted by atomic mass is 9.97. The Bertz CT molecular complexity index is 1410. The largest absolute Gasteiger partial charge is 0.362 e. The molecule has 0 fully saturated rings. The Balaban J connectivity index is 1.59. The van der Waals surface area contributed by atoms with Crippen LogP contribution in [-0.4, -0.2) is 21.0 Å². The van der Waals surface area contributed by atoms with E-state index in [-0.39, 0.29) is 23.9 Å². The summed E-state index contributed by atoms with van der Waals surface area (Å²) in [6, 6.07) is 15.5. The number of carbonyl (C=O) groups is 1. The minimum Gasteiger partial charge on any atom is -0.362 e. The maximum absolute atomic E-state index is 14.7. The first kappa shape index (κ1) is 23.9. The van der Waals surface area contributed by atoms with Crippen molar-refractivity contribution in [2.75, 3.05) is 10.6 Å². The maximum Gasteiger partial charge on any atom is 0.261 e. The van der Waals surface area contributed by atoms with Gasteiger partial charge in [0.15, 0.2) is 11.6 Å². The average Bonchev–Trinajstić information content (AvgIpc) is 3.27. The summed E-state index contributed by atoms with van der Waals surface area (Å²) >= 11 is 6.25. The number of hydrogen-bond acceptors (Lipinski definition) is 7. The van der Waals surface area contributed by atoms with Crippen molar-refractivity contribution in [3.05, 3.63) is 77.0 Å². The fourth-order valence-corrected chi connectivity index (χ4v) is 3.74. The average molecular weight is 491 g/mol. The number of benzene rings is 2. The van der Waals surface area contributed by atoms with Crippen molar-refractivity contribution in [2.45, 2.75) is 26.3 Å². The van der Waals surface area contributed by atoms with Crippen LogP contribution in [0, 0.1) is 24.1 Å². The Kier molecular flexibility index (Phi) is 7.03. The normalized spacial score (nSPS) is 11.5. The van der Waals surface area contributed by atoms with Crippen LogP contribution in [0.15, 0.2) is 59.3 Å². The van der Waals surface area contributed by atoms with Crippen molar-refractivity contribution in [3.8, 4) is 28.7 Å². The molecule has 10 heteroatoms. The molecule has 0 aliphatic heterocycles. The monoisotopic (exact) mass is 490 g/mol. The third-order valence-electron chi connectivity index (χ3n) is 5.23. The van der Waals surface area contributed by atoms with Crippen molar-refractivity contribution in [2.24, 2.45) is 0 Å². The number of rotatable bonds is 7. The molecule has 0 aliphatic carbocycles. The van der Waals surface area contributed by atoms with Crippen LogP contribution in [0.1, 0.15) is 30.8 Å². The molecule has 0 bridgehead atoms. The number of anilines is 2. The molecule has 1 atom stereocenters. The zero-order valence-corrected chi connectivity index (χ0v) is 19.6. The van der Waals surface area contributed by atoms with Gasteiger partial charge in [0.1, 0.15) is 17.9 Å². The lowest BCUT2D eigenvalue weighted by Gasteiger charge is -2.19. The van der Waals surface area contributed by atoms with Crippen molar-refractivity contribution in [1.82, 2.24) is 15.1 Å². The Morgan fingerprint density at radius 2 is 2.00 bits per heavy atom. The molecule has 2 heterocycles. The number of aryl methyl sites for hydroxylation is 1. The summed E-state index contributed by atoms with van der Waals surface area (Å²) in [7, 11) is 0. The number of pyridine rings is 1. The lowest BCUT2D eigenvalue weighted by molar-refractivity contribution is -0.115. The minimum atomic E-state index is -0.482. The molecular formula is C25H20ClFN6O2. The fraction of sp³-hybridized carbons (Fsp3) is 0.160. The molecule has 0 aliphatic rings. The van der Waals surface area contributed by atoms with Crippen LogP contribution in [-0.2, 0) is 4.79 Å². The predicted octanol–water partition coefficient (Wildman–Crippen LogP) is 5.92. The molecule has 2 N–H and O–H groups in total. The van der Waals surface area contributed by atoms with Gasteiger partial charge in [0.2, 0.25) is 5.91 Å². The number of aromatic nitrogens is 3. The number of amides is 1. The van der Waals surface area contributed by atoms with Crippen molar-refractivity contribution < 1.29 is 13.7 Å². The van der Waals surface area contributed by atoms with Crippen molar-refractivity contribution >= 4 is 29.0 Å². The molecule has 176 valence electrons. The Morgan fingerprint density at radius 1 is 1.23 bits per heavy atom. The molecule has 2 aromatic carbocycles. The van der Waals surface area contributed by atoms with E-state index in [0.29, 0.717) is 27.9 Å². The second-order valence-electron chi connectivity index (χ2n) is 7.70. The molecule has 0 unspecified atom stereocenters. The van der Waals surface area contributed by atoms with E-state index in [1.54, 1.807) is 31.2 Å². The van der Waals surface area contributed by atoms with E-state index in [1.807, 2.05) is 31.2 Å². The molecule has 0 radical (unpaired) electrons. The van der Waals surface area contributed by atoms with Crippen molar-refractivity contribution in [1.29, 1.82) is 5.26 Å². The van der Waals surface area contributed by atoms with Crippen molar-refractivity contribution in [3.63, 3.8) is 0 Å². The van der Waals surface area contributed by atoms with E-state index in [2.05, 4.69) is 25.8 Å². The minimum absolute atomic E-state index is 0.118. The first-order valence-electron chi connectivity index (χ1n) is 10.6. The van der Waals surface area contributed by atoms with Gasteiger partial charge in [-0.2, -0.15) is 10.2 Å². The third kappa shape index (κ3) is 5.28. The number of nitrogens with one attached hydrogen (secondary N) is 2. The summed E-state index contributed by atoms with van der Waals surface area (Å²) in [5, 5.41) is 18.7. The summed E-state index contributed by atoms with van der Waals surface area (Å²) in [6.45, 7) is 3.60. The highest BCUT2D eigenvalue weighted by atomic mass is 35.5. The number of halogens is 2. The van der Waals surface area contributed by atoms with Crippen LogP contribution in [0.4, 0.5) is 15.9 Å². The SMILES string of the molecule is Cc1noc(-c2c(F)cccc2-c2ccc([C@@H](C)Nc3nccc(Cl)c3NC(=O)CC#N)cc2)n1. The van der Waals surface area contributed by atoms with Gasteiger partial charge in [-0.15, -0.1) is 0 Å². The lowest BCUT2D eigenvalue weighted by Crippen LogP contribution is -2.15. The number of hydrogen-bond donors (Lipinski definition) is 2. The summed E-state index contributed by atoms with van der Waals surface area (Å²) < 4.78 is 19.9. The summed E-state index contributed by atoms with van der Waals surface area (Å²) in [5.74, 6) is -0.0254. The van der Waals surface area contributed by atoms with E-state index in [1.165, 1.54) is 12.3 Å². The highest BCUT2D eigenvalue weighted by Crippen LogP contribution is 2.35. The first-order chi connectivity index (χ1) is 16.9. The second kappa shape index (κ2) is 10.3. The summed E-state index contributed by atoms with van der Waals surface area (Å²) in [6.07, 6.45) is 1.22. The number of nitrogens with zero attached hydrogens (tertiary/aromatic N) is 4. The Morgan fingerprint density at radius 3 is 2.69 bits per heavy atom. The van der Waals surface area contributed by atoms with Crippen LogP contribution in [0.2, 0.25) is 5.02 Å². The van der Waals surface area contributed by atoms with E-state index in [4.69, 9.17) is 21.4 Å². The van der Waals surface area contributed by atoms with E-state index in [0.717, 1.165) is 11.1 Å². The van der Waals surface area contributed by atoms with Gasteiger partial charge in [0.05, 0.1) is 22.7 Å². The molecule has 2 aromatic heterocycles. The molecule has 0 saturated heterocycles. The summed E-state index contributed by atoms with van der Waals surface area (Å²) in [5.41, 5.74) is 2.86. The quantitative estimate of drug-likeness (QED) is 0.330. The topological polar surface area (TPSA) is 117 Å². The Hall–Kier alpha value is -4.29. The fourth-order valence-electron chi connectivity index (χ4n) is 3.54. The summed E-state index contributed by atoms with van der Waals surface area (Å²) in [4.78, 5) is 20.4. The predicted molar refractivity (Wildman–Crippen MR) is 130 cm³/mol. The van der Waals surface area contributed by atoms with Crippen LogP contribution < -0.4 is 10.6 Å². The van der Waals surface area contributed by atoms with Gasteiger partial charge in [-0.1, -0.05) is 53.2 Å². The van der Waals surface area contributed by atoms with E-state index >= 15 is 0 Å². The van der Waals surface area contributed by atoms with Gasteiger partial charge in [-0.25, -0.2) is 9.37 Å². The maximum atomic E-state index is 14.7. The smallest absolute Gasteiger partial charge is 0.261 e. The van der Waals surface area contributed by atoms with Gasteiger partial charge in [0, 0.05) is 6.20 Å². The molecular weight excluding hydrogens is 471 g/mol. The van der Waals surface area contributed by atoms with Gasteiger partial charge < -0.3 is 15.2 Å². The molecule has 4 aromatic rings. The van der Waals surface area contributed by atoms with Gasteiger partial charge in [-0.3, -0.25) is 4.79 Å². The molecule has 4 rings (SSSR count). The number of nitriles is 1. The van der Waals surface area contributed by atoms with Crippen LogP contribution in [0.3, 0.4) is 0 Å². The van der Waals surface area contributed by atoms with Gasteiger partial charge in [-0.05, 0) is 42.7 Å². The van der Waals surface area contributed by atoms with Crippen LogP contribution in [0.5, 0.6) is 0 Å². The first-order valence-corrected chi connectivity index (χ1v) is 11.0. The third-order valence-corrected chi connectivity index (χ3v) is 5.55. The standard InChI is InChI=1S/C25H20ClFN6O2/c1-14(30-24-23(19(26)11-13-29-24)32-21(34)10-12-28)16-6-8-17(9-7-16)18-4-3-5-20(27)22(18)25-31-15(2)33-35-25/h3-9,11,13-14H,10H2,1-2H3,(H,29,30)(H,32,34)/t14-/m1/s1. The highest BCUT2D eigenvalue weighted by Gasteiger charge is 2.19.